The van der Waals surface area contributed by atoms with Crippen LogP contribution in [0.5, 0.6) is 0 Å². The van der Waals surface area contributed by atoms with Gasteiger partial charge in [-0.05, 0) is 7.05 Å². The van der Waals surface area contributed by atoms with E-state index in [1.165, 1.54) is 0 Å². The van der Waals surface area contributed by atoms with Gasteiger partial charge in [0.2, 0.25) is 0 Å². The highest BCUT2D eigenvalue weighted by Crippen LogP contribution is 2.11. The second-order valence-corrected chi connectivity index (χ2v) is 3.67. The van der Waals surface area contributed by atoms with Crippen LogP contribution in [-0.4, -0.2) is 43.3 Å². The summed E-state index contributed by atoms with van der Waals surface area (Å²) in [5, 5.41) is 3.21. The number of hydrogen-bond acceptors (Lipinski definition) is 2. The lowest BCUT2D eigenvalue weighted by molar-refractivity contribution is 0.283. The fourth-order valence-electron chi connectivity index (χ4n) is 1.53. The largest absolute Gasteiger partial charge is 0.308 e. The molecule has 0 bridgehead atoms. The molecule has 0 radical (unpaired) electrons. The lowest BCUT2D eigenvalue weighted by Crippen LogP contribution is -2.41. The average Bonchev–Trinajstić information content (AvgIpc) is 2.09. The van der Waals surface area contributed by atoms with Crippen molar-refractivity contribution in [3.05, 3.63) is 0 Å². The molecule has 3 heteroatoms. The van der Waals surface area contributed by atoms with Crippen molar-refractivity contribution in [1.82, 2.24) is 10.2 Å². The Morgan fingerprint density at radius 3 is 2.45 bits per heavy atom. The van der Waals surface area contributed by atoms with Crippen molar-refractivity contribution in [2.45, 2.75) is 32.1 Å². The van der Waals surface area contributed by atoms with Gasteiger partial charge in [0.1, 0.15) is 6.17 Å². The molecule has 11 heavy (non-hydrogen) atoms. The molecule has 0 saturated carbocycles. The van der Waals surface area contributed by atoms with E-state index in [2.05, 4.69) is 5.32 Å². The van der Waals surface area contributed by atoms with Gasteiger partial charge in [-0.3, -0.25) is 0 Å². The molecule has 0 aromatic carbocycles. The summed E-state index contributed by atoms with van der Waals surface area (Å²) >= 11 is 0. The summed E-state index contributed by atoms with van der Waals surface area (Å²) in [6, 6.07) is 0.421. The summed E-state index contributed by atoms with van der Waals surface area (Å²) < 4.78 is 13.1. The molecule has 2 nitrogen and oxygen atoms in total. The zero-order valence-corrected chi connectivity index (χ0v) is 7.47. The second-order valence-electron chi connectivity index (χ2n) is 3.67. The molecule has 0 spiro atoms. The number of rotatable bonds is 2. The summed E-state index contributed by atoms with van der Waals surface area (Å²) in [7, 11) is 1.95. The van der Waals surface area contributed by atoms with Gasteiger partial charge in [-0.1, -0.05) is 13.8 Å². The first-order valence-corrected chi connectivity index (χ1v) is 4.18. The zero-order chi connectivity index (χ0) is 8.43. The molecule has 0 aromatic rings. The number of nitrogens with zero attached hydrogens (tertiary/aromatic N) is 1. The Kier molecular flexibility index (Phi) is 2.84. The molecule has 66 valence electrons. The topological polar surface area (TPSA) is 15.3 Å². The van der Waals surface area contributed by atoms with E-state index in [0.717, 1.165) is 6.54 Å². The van der Waals surface area contributed by atoms with Gasteiger partial charge in [-0.25, -0.2) is 4.39 Å². The number of alkyl halides is 1. The molecule has 0 aromatic heterocycles. The van der Waals surface area contributed by atoms with Crippen LogP contribution in [0.15, 0.2) is 0 Å². The van der Waals surface area contributed by atoms with Crippen LogP contribution in [0, 0.1) is 0 Å². The maximum absolute atomic E-state index is 13.1. The molecule has 2 unspecified atom stereocenters. The fourth-order valence-corrected chi connectivity index (χ4v) is 1.53. The third-order valence-corrected chi connectivity index (χ3v) is 1.98. The van der Waals surface area contributed by atoms with Crippen molar-refractivity contribution >= 4 is 0 Å². The van der Waals surface area contributed by atoms with Gasteiger partial charge < -0.3 is 10.2 Å². The van der Waals surface area contributed by atoms with E-state index >= 15 is 0 Å². The first-order valence-electron chi connectivity index (χ1n) is 4.18. The summed E-state index contributed by atoms with van der Waals surface area (Å²) in [4.78, 5) is 2.02. The van der Waals surface area contributed by atoms with Crippen molar-refractivity contribution in [3.63, 3.8) is 0 Å². The van der Waals surface area contributed by atoms with Crippen LogP contribution in [0.1, 0.15) is 13.8 Å². The van der Waals surface area contributed by atoms with E-state index in [1.54, 1.807) is 0 Å². The Morgan fingerprint density at radius 2 is 2.09 bits per heavy atom. The second kappa shape index (κ2) is 3.50. The van der Waals surface area contributed by atoms with E-state index in [4.69, 9.17) is 0 Å². The molecule has 0 amide bonds. The van der Waals surface area contributed by atoms with Gasteiger partial charge in [0.15, 0.2) is 0 Å². The molecule has 1 heterocycles. The Hall–Kier alpha value is -0.150. The molecule has 1 rings (SSSR count). The van der Waals surface area contributed by atoms with Crippen LogP contribution in [0.4, 0.5) is 4.39 Å². The first-order chi connectivity index (χ1) is 5.09. The highest BCUT2D eigenvalue weighted by molar-refractivity contribution is 4.88. The van der Waals surface area contributed by atoms with Gasteiger partial charge in [-0.2, -0.15) is 0 Å². The van der Waals surface area contributed by atoms with Crippen LogP contribution < -0.4 is 5.32 Å². The Labute approximate surface area is 67.8 Å². The van der Waals surface area contributed by atoms with Crippen LogP contribution in [0.2, 0.25) is 0 Å². The van der Waals surface area contributed by atoms with Gasteiger partial charge >= 0.3 is 0 Å². The van der Waals surface area contributed by atoms with Crippen molar-refractivity contribution in [1.29, 1.82) is 0 Å². The van der Waals surface area contributed by atoms with E-state index in [0.29, 0.717) is 12.6 Å². The lowest BCUT2D eigenvalue weighted by Gasteiger charge is -2.16. The van der Waals surface area contributed by atoms with Crippen molar-refractivity contribution in [2.24, 2.45) is 0 Å². The minimum absolute atomic E-state index is 0.0417. The predicted octanol–water partition coefficient (Wildman–Crippen LogP) is 0.636. The van der Waals surface area contributed by atoms with Crippen molar-refractivity contribution in [2.75, 3.05) is 20.1 Å². The molecular weight excluding hydrogens is 143 g/mol. The normalized spacial score (nSPS) is 33.5. The smallest absolute Gasteiger partial charge is 0.129 e. The quantitative estimate of drug-likeness (QED) is 0.637. The van der Waals surface area contributed by atoms with Gasteiger partial charge in [-0.15, -0.1) is 0 Å². The number of likely N-dealkylation sites (N-methyl/N-ethyl adjacent to an activating group) is 1. The van der Waals surface area contributed by atoms with E-state index in [9.17, 15) is 4.39 Å². The maximum Gasteiger partial charge on any atom is 0.129 e. The maximum atomic E-state index is 13.1. The summed E-state index contributed by atoms with van der Waals surface area (Å²) in [5.74, 6) is 0. The van der Waals surface area contributed by atoms with Crippen LogP contribution in [0.3, 0.4) is 0 Å². The highest BCUT2D eigenvalue weighted by Gasteiger charge is 2.30. The zero-order valence-electron chi connectivity index (χ0n) is 7.47. The molecule has 1 N–H and O–H groups in total. The van der Waals surface area contributed by atoms with Gasteiger partial charge in [0.05, 0.1) is 6.04 Å². The molecule has 1 aliphatic heterocycles. The minimum atomic E-state index is -0.692. The Bertz CT molecular complexity index is 127. The third-order valence-electron chi connectivity index (χ3n) is 1.98. The van der Waals surface area contributed by atoms with Gasteiger partial charge in [0.25, 0.3) is 0 Å². The van der Waals surface area contributed by atoms with E-state index < -0.39 is 6.17 Å². The van der Waals surface area contributed by atoms with Crippen molar-refractivity contribution < 1.29 is 4.39 Å². The van der Waals surface area contributed by atoms with E-state index in [-0.39, 0.29) is 6.04 Å². The summed E-state index contributed by atoms with van der Waals surface area (Å²) in [5.41, 5.74) is 0. The standard InChI is InChI=1S/C8H17FN2/c1-6(2)10-8-5-11(3)4-7(8)9/h6-8,10H,4-5H2,1-3H3. The molecular formula is C8H17FN2. The summed E-state index contributed by atoms with van der Waals surface area (Å²) in [6.07, 6.45) is -0.692. The molecule has 0 aliphatic carbocycles. The average molecular weight is 160 g/mol. The van der Waals surface area contributed by atoms with Crippen LogP contribution in [0.25, 0.3) is 0 Å². The first kappa shape index (κ1) is 8.94. The number of hydrogen-bond donors (Lipinski definition) is 1. The molecule has 2 atom stereocenters. The Balaban J connectivity index is 2.34. The lowest BCUT2D eigenvalue weighted by atomic mass is 10.2. The van der Waals surface area contributed by atoms with E-state index in [1.807, 2.05) is 25.8 Å². The molecule has 1 saturated heterocycles. The SMILES string of the molecule is CC(C)NC1CN(C)CC1F. The molecule has 1 fully saturated rings. The predicted molar refractivity (Wildman–Crippen MR) is 44.5 cm³/mol. The monoisotopic (exact) mass is 160 g/mol. The van der Waals surface area contributed by atoms with Crippen molar-refractivity contribution in [3.8, 4) is 0 Å². The highest BCUT2D eigenvalue weighted by atomic mass is 19.1. The summed E-state index contributed by atoms with van der Waals surface area (Å²) in [6.45, 7) is 5.50. The third kappa shape index (κ3) is 2.42. The number of halogens is 1. The van der Waals surface area contributed by atoms with Gasteiger partial charge in [0, 0.05) is 19.1 Å². The number of nitrogens with one attached hydrogen (secondary N) is 1. The molecule has 1 aliphatic rings. The fraction of sp³-hybridized carbons (Fsp3) is 1.00. The minimum Gasteiger partial charge on any atom is -0.308 e. The number of likely N-dealkylation sites (tertiary alicyclic amines) is 1. The van der Waals surface area contributed by atoms with Crippen LogP contribution in [-0.2, 0) is 0 Å². The Morgan fingerprint density at radius 1 is 1.45 bits per heavy atom. The van der Waals surface area contributed by atoms with Crippen LogP contribution >= 0.6 is 0 Å².